The molecule has 0 saturated heterocycles. The highest BCUT2D eigenvalue weighted by Gasteiger charge is 2.24. The van der Waals surface area contributed by atoms with E-state index in [9.17, 15) is 14.7 Å². The molecule has 45 heavy (non-hydrogen) atoms. The number of anilines is 4. The largest absolute Gasteiger partial charge is 0.494 e. The number of carbonyl (C=O) groups excluding carboxylic acids is 2. The molecule has 0 atom stereocenters. The topological polar surface area (TPSA) is 159 Å². The van der Waals surface area contributed by atoms with E-state index in [1.54, 1.807) is 47.1 Å². The van der Waals surface area contributed by atoms with E-state index in [1.165, 1.54) is 41.1 Å². The molecule has 3 aromatic heterocycles. The zero-order valence-corrected chi connectivity index (χ0v) is 25.5. The second-order valence-corrected chi connectivity index (χ2v) is 10.9. The Kier molecular flexibility index (Phi) is 9.23. The van der Waals surface area contributed by atoms with Gasteiger partial charge in [-0.15, -0.1) is 10.2 Å². The van der Waals surface area contributed by atoms with Gasteiger partial charge in [-0.1, -0.05) is 5.24 Å². The molecule has 0 aliphatic carbocycles. The van der Waals surface area contributed by atoms with Crippen LogP contribution in [-0.4, -0.2) is 96.8 Å². The summed E-state index contributed by atoms with van der Waals surface area (Å²) in [4.78, 5) is 31.3. The van der Waals surface area contributed by atoms with Crippen LogP contribution in [0.5, 0.6) is 5.75 Å². The molecule has 0 aliphatic heterocycles. The van der Waals surface area contributed by atoms with Gasteiger partial charge >= 0.3 is 0 Å². The molecule has 0 fully saturated rings. The second kappa shape index (κ2) is 12.6. The predicted molar refractivity (Wildman–Crippen MR) is 169 cm³/mol. The van der Waals surface area contributed by atoms with Gasteiger partial charge in [0.25, 0.3) is 11.8 Å². The van der Waals surface area contributed by atoms with Crippen LogP contribution in [0, 0.1) is 5.82 Å². The zero-order chi connectivity index (χ0) is 33.3. The van der Waals surface area contributed by atoms with Crippen LogP contribution in [0.2, 0.25) is 0 Å². The molecular formula is C28H29B3FN9O4. The van der Waals surface area contributed by atoms with E-state index in [2.05, 4.69) is 36.2 Å². The molecule has 13 nitrogen and oxygen atoms in total. The number of hydrogen-bond acceptors (Lipinski definition) is 10. The summed E-state index contributed by atoms with van der Waals surface area (Å²) in [5, 5.41) is 28.9. The SMILES string of the molecule is [B]C([B])([B])NC(=O)c1nnc(Nc2cc(C(C)(C)O)ccn2)cc1Nc1cc(F)cc(-c2cc(C(=O)N(C)C)n(C)n2)c1OC. The number of rotatable bonds is 10. The molecule has 4 N–H and O–H groups in total. The molecule has 0 aliphatic rings. The Balaban J connectivity index is 1.80. The summed E-state index contributed by atoms with van der Waals surface area (Å²) in [5.41, 5.74) is -0.0213. The lowest BCUT2D eigenvalue weighted by Gasteiger charge is -2.23. The van der Waals surface area contributed by atoms with Crippen molar-refractivity contribution in [2.45, 2.75) is 24.7 Å². The summed E-state index contributed by atoms with van der Waals surface area (Å²) >= 11 is 0. The van der Waals surface area contributed by atoms with E-state index in [1.807, 2.05) is 0 Å². The number of nitrogens with zero attached hydrogens (tertiary/aromatic N) is 6. The number of benzene rings is 1. The molecule has 4 aromatic rings. The molecule has 2 amide bonds. The summed E-state index contributed by atoms with van der Waals surface area (Å²) < 4.78 is 22.1. The molecular weight excluding hydrogens is 578 g/mol. The lowest BCUT2D eigenvalue weighted by Crippen LogP contribution is -2.50. The average molecular weight is 607 g/mol. The van der Waals surface area contributed by atoms with E-state index in [4.69, 9.17) is 28.3 Å². The number of carbonyl (C=O) groups is 2. The minimum Gasteiger partial charge on any atom is -0.494 e. The molecule has 0 unspecified atom stereocenters. The van der Waals surface area contributed by atoms with E-state index in [-0.39, 0.29) is 51.5 Å². The van der Waals surface area contributed by atoms with Crippen molar-refractivity contribution < 1.29 is 23.8 Å². The van der Waals surface area contributed by atoms with Crippen molar-refractivity contribution in [2.75, 3.05) is 31.8 Å². The van der Waals surface area contributed by atoms with Gasteiger partial charge in [-0.25, -0.2) is 9.37 Å². The Hall–Kier alpha value is -4.92. The van der Waals surface area contributed by atoms with Gasteiger partial charge in [0.2, 0.25) is 0 Å². The first-order valence-corrected chi connectivity index (χ1v) is 13.4. The lowest BCUT2D eigenvalue weighted by molar-refractivity contribution is 0.0784. The first-order chi connectivity index (χ1) is 21.0. The Morgan fingerprint density at radius 3 is 2.36 bits per heavy atom. The highest BCUT2D eigenvalue weighted by Crippen LogP contribution is 2.39. The van der Waals surface area contributed by atoms with Crippen molar-refractivity contribution in [3.8, 4) is 17.0 Å². The van der Waals surface area contributed by atoms with E-state index in [0.29, 0.717) is 11.4 Å². The van der Waals surface area contributed by atoms with Gasteiger partial charge in [-0.2, -0.15) is 5.10 Å². The molecule has 1 aromatic carbocycles. The number of ether oxygens (including phenoxy) is 1. The standard InChI is InChI=1S/C28H29B3FN9O4/c1-27(2,44)14-7-8-33-21(9-14)35-22-13-18(23(38-37-22)25(42)36-28(29,30)31)34-19-11-15(32)10-16(24(19)45-6)17-12-20(41(5)39-17)26(43)40(3)4/h7-13,44H,1-6H3,(H,36,42)(H2,33,34,35,37). The number of aliphatic hydroxyl groups is 1. The van der Waals surface area contributed by atoms with Crippen molar-refractivity contribution in [2.24, 2.45) is 7.05 Å². The summed E-state index contributed by atoms with van der Waals surface area (Å²) in [5.74, 6) is -1.29. The van der Waals surface area contributed by atoms with E-state index >= 15 is 4.39 Å². The molecule has 226 valence electrons. The van der Waals surface area contributed by atoms with Crippen LogP contribution in [0.3, 0.4) is 0 Å². The fourth-order valence-electron chi connectivity index (χ4n) is 4.25. The van der Waals surface area contributed by atoms with Crippen LogP contribution in [-0.2, 0) is 12.6 Å². The van der Waals surface area contributed by atoms with Crippen LogP contribution in [0.4, 0.5) is 27.4 Å². The maximum atomic E-state index is 15.1. The molecule has 4 rings (SSSR count). The Morgan fingerprint density at radius 2 is 1.73 bits per heavy atom. The number of nitrogens with one attached hydrogen (secondary N) is 3. The third kappa shape index (κ3) is 7.79. The number of aromatic nitrogens is 5. The molecule has 0 spiro atoms. The van der Waals surface area contributed by atoms with Gasteiger partial charge in [0, 0.05) is 45.0 Å². The number of halogens is 1. The molecule has 6 radical (unpaired) electrons. The number of amides is 2. The quantitative estimate of drug-likeness (QED) is 0.196. The highest BCUT2D eigenvalue weighted by atomic mass is 19.1. The lowest BCUT2D eigenvalue weighted by atomic mass is 9.49. The predicted octanol–water partition coefficient (Wildman–Crippen LogP) is 1.68. The third-order valence-electron chi connectivity index (χ3n) is 6.37. The highest BCUT2D eigenvalue weighted by molar-refractivity contribution is 6.60. The minimum absolute atomic E-state index is 0.0206. The maximum absolute atomic E-state index is 15.1. The zero-order valence-electron chi connectivity index (χ0n) is 25.5. The van der Waals surface area contributed by atoms with Crippen molar-refractivity contribution >= 4 is 58.4 Å². The van der Waals surface area contributed by atoms with Crippen LogP contribution < -0.4 is 20.7 Å². The fraction of sp³-hybridized carbons (Fsp3) is 0.286. The second-order valence-electron chi connectivity index (χ2n) is 10.9. The summed E-state index contributed by atoms with van der Waals surface area (Å²) in [6.45, 7) is 3.25. The maximum Gasteiger partial charge on any atom is 0.272 e. The Bertz CT molecular complexity index is 1750. The van der Waals surface area contributed by atoms with Gasteiger partial charge in [0.1, 0.15) is 17.3 Å². The molecule has 0 saturated carbocycles. The molecule has 0 bridgehead atoms. The third-order valence-corrected chi connectivity index (χ3v) is 6.37. The normalized spacial score (nSPS) is 11.6. The number of aryl methyl sites for hydroxylation is 1. The van der Waals surface area contributed by atoms with Crippen molar-refractivity contribution in [1.82, 2.24) is 35.2 Å². The molecule has 17 heteroatoms. The first kappa shape index (κ1) is 33.0. The van der Waals surface area contributed by atoms with E-state index < -0.39 is 22.6 Å². The van der Waals surface area contributed by atoms with E-state index in [0.717, 1.165) is 6.07 Å². The minimum atomic E-state index is -2.08. The Labute approximate surface area is 263 Å². The van der Waals surface area contributed by atoms with Gasteiger partial charge in [-0.3, -0.25) is 14.3 Å². The average Bonchev–Trinajstić information content (AvgIpc) is 3.32. The van der Waals surface area contributed by atoms with Gasteiger partial charge < -0.3 is 30.7 Å². The number of pyridine rings is 1. The summed E-state index contributed by atoms with van der Waals surface area (Å²) in [6.07, 6.45) is 1.50. The number of methoxy groups -OCH3 is 1. The summed E-state index contributed by atoms with van der Waals surface area (Å²) in [6, 6.07) is 8.53. The van der Waals surface area contributed by atoms with Crippen LogP contribution in [0.1, 0.15) is 40.4 Å². The monoisotopic (exact) mass is 607 g/mol. The van der Waals surface area contributed by atoms with Crippen molar-refractivity contribution in [3.05, 3.63) is 65.4 Å². The van der Waals surface area contributed by atoms with Crippen LogP contribution in [0.25, 0.3) is 11.3 Å². The van der Waals surface area contributed by atoms with Crippen molar-refractivity contribution in [3.63, 3.8) is 0 Å². The van der Waals surface area contributed by atoms with Crippen LogP contribution >= 0.6 is 0 Å². The van der Waals surface area contributed by atoms with Gasteiger partial charge in [0.05, 0.1) is 53.3 Å². The number of hydrogen-bond donors (Lipinski definition) is 4. The van der Waals surface area contributed by atoms with Crippen LogP contribution in [0.15, 0.2) is 42.6 Å². The van der Waals surface area contributed by atoms with Crippen molar-refractivity contribution in [1.29, 1.82) is 0 Å². The molecule has 3 heterocycles. The summed E-state index contributed by atoms with van der Waals surface area (Å²) in [7, 11) is 22.9. The smallest absolute Gasteiger partial charge is 0.272 e. The first-order valence-electron chi connectivity index (χ1n) is 13.4. The Morgan fingerprint density at radius 1 is 1.02 bits per heavy atom. The van der Waals surface area contributed by atoms with Gasteiger partial charge in [-0.05, 0) is 43.7 Å². The van der Waals surface area contributed by atoms with Gasteiger partial charge in [0.15, 0.2) is 17.3 Å². The fourth-order valence-corrected chi connectivity index (χ4v) is 4.25.